The summed E-state index contributed by atoms with van der Waals surface area (Å²) in [6, 6.07) is 0. The molecule has 15 heavy (non-hydrogen) atoms. The van der Waals surface area contributed by atoms with Crippen molar-refractivity contribution in [1.29, 1.82) is 0 Å². The summed E-state index contributed by atoms with van der Waals surface area (Å²) in [5.41, 5.74) is 1.18. The molecule has 1 rings (SSSR count). The van der Waals surface area contributed by atoms with E-state index in [0.717, 1.165) is 6.42 Å². The van der Waals surface area contributed by atoms with Crippen molar-refractivity contribution in [1.82, 2.24) is 5.01 Å². The zero-order valence-electron chi connectivity index (χ0n) is 10.1. The Kier molecular flexibility index (Phi) is 4.82. The summed E-state index contributed by atoms with van der Waals surface area (Å²) in [5, 5.41) is 6.37. The molecular formula is C12H22N2O. The average molecular weight is 210 g/mol. The first-order chi connectivity index (χ1) is 7.15. The lowest BCUT2D eigenvalue weighted by Crippen LogP contribution is -2.36. The minimum absolute atomic E-state index is 0.180. The van der Waals surface area contributed by atoms with Crippen LogP contribution in [0, 0.1) is 5.92 Å². The maximum absolute atomic E-state index is 5.78. The predicted octanol–water partition coefficient (Wildman–Crippen LogP) is 2.30. The molecule has 1 aliphatic carbocycles. The third-order valence-electron chi connectivity index (χ3n) is 2.66. The Labute approximate surface area is 92.8 Å². The van der Waals surface area contributed by atoms with Gasteiger partial charge in [-0.15, -0.1) is 6.58 Å². The topological polar surface area (TPSA) is 24.8 Å². The van der Waals surface area contributed by atoms with E-state index >= 15 is 0 Å². The molecule has 86 valence electrons. The lowest BCUT2D eigenvalue weighted by atomic mass is 9.86. The van der Waals surface area contributed by atoms with Crippen molar-refractivity contribution in [3.05, 3.63) is 12.7 Å². The van der Waals surface area contributed by atoms with Crippen LogP contribution < -0.4 is 0 Å². The number of hydrogen-bond acceptors (Lipinski definition) is 3. The highest BCUT2D eigenvalue weighted by molar-refractivity contribution is 5.89. The quantitative estimate of drug-likeness (QED) is 0.525. The highest BCUT2D eigenvalue weighted by Crippen LogP contribution is 2.25. The van der Waals surface area contributed by atoms with Gasteiger partial charge in [0.15, 0.2) is 0 Å². The molecule has 0 N–H and O–H groups in total. The minimum Gasteiger partial charge on any atom is -0.368 e. The van der Waals surface area contributed by atoms with Crippen molar-refractivity contribution in [2.75, 3.05) is 20.7 Å². The van der Waals surface area contributed by atoms with Crippen molar-refractivity contribution in [2.24, 2.45) is 11.0 Å². The van der Waals surface area contributed by atoms with E-state index in [1.807, 2.05) is 19.1 Å². The lowest BCUT2D eigenvalue weighted by molar-refractivity contribution is 0.0707. The monoisotopic (exact) mass is 210 g/mol. The van der Waals surface area contributed by atoms with E-state index in [9.17, 15) is 0 Å². The van der Waals surface area contributed by atoms with Crippen LogP contribution in [0.25, 0.3) is 0 Å². The number of ether oxygens (including phenoxy) is 1. The van der Waals surface area contributed by atoms with Gasteiger partial charge in [-0.1, -0.05) is 13.0 Å². The lowest BCUT2D eigenvalue weighted by Gasteiger charge is -2.30. The Balaban J connectivity index is 2.68. The molecule has 0 bridgehead atoms. The van der Waals surface area contributed by atoms with Crippen LogP contribution in [0.2, 0.25) is 0 Å². The van der Waals surface area contributed by atoms with Crippen LogP contribution in [-0.2, 0) is 4.74 Å². The molecule has 2 atom stereocenters. The molecule has 3 heteroatoms. The zero-order chi connectivity index (χ0) is 11.3. The second-order valence-corrected chi connectivity index (χ2v) is 4.35. The summed E-state index contributed by atoms with van der Waals surface area (Å²) >= 11 is 0. The third kappa shape index (κ3) is 3.67. The van der Waals surface area contributed by atoms with Crippen LogP contribution in [0.4, 0.5) is 0 Å². The predicted molar refractivity (Wildman–Crippen MR) is 64.1 cm³/mol. The summed E-state index contributed by atoms with van der Waals surface area (Å²) in [4.78, 5) is 0. The third-order valence-corrected chi connectivity index (χ3v) is 2.66. The average Bonchev–Trinajstić information content (AvgIpc) is 2.16. The normalized spacial score (nSPS) is 29.1. The molecule has 0 aromatic rings. The van der Waals surface area contributed by atoms with E-state index in [1.54, 1.807) is 6.08 Å². The Morgan fingerprint density at radius 2 is 2.33 bits per heavy atom. The fraction of sp³-hybridized carbons (Fsp3) is 0.750. The van der Waals surface area contributed by atoms with Crippen molar-refractivity contribution in [3.63, 3.8) is 0 Å². The second-order valence-electron chi connectivity index (χ2n) is 4.35. The van der Waals surface area contributed by atoms with Crippen molar-refractivity contribution >= 4 is 5.71 Å². The molecule has 0 aromatic heterocycles. The smallest absolute Gasteiger partial charge is 0.100 e. The molecule has 0 radical (unpaired) electrons. The van der Waals surface area contributed by atoms with Gasteiger partial charge in [-0.25, -0.2) is 0 Å². The van der Waals surface area contributed by atoms with Crippen LogP contribution in [-0.4, -0.2) is 37.5 Å². The second kappa shape index (κ2) is 5.91. The van der Waals surface area contributed by atoms with E-state index < -0.39 is 0 Å². The maximum atomic E-state index is 5.78. The van der Waals surface area contributed by atoms with Gasteiger partial charge in [0.1, 0.15) is 6.10 Å². The van der Waals surface area contributed by atoms with E-state index in [0.29, 0.717) is 12.5 Å². The van der Waals surface area contributed by atoms with Gasteiger partial charge < -0.3 is 9.75 Å². The molecule has 0 aromatic carbocycles. The van der Waals surface area contributed by atoms with Crippen LogP contribution in [0.3, 0.4) is 0 Å². The van der Waals surface area contributed by atoms with Crippen molar-refractivity contribution in [3.8, 4) is 0 Å². The van der Waals surface area contributed by atoms with Gasteiger partial charge in [0.05, 0.1) is 12.3 Å². The van der Waals surface area contributed by atoms with Gasteiger partial charge in [-0.2, -0.15) is 5.10 Å². The van der Waals surface area contributed by atoms with Crippen LogP contribution in [0.1, 0.15) is 26.2 Å². The van der Waals surface area contributed by atoms with Gasteiger partial charge in [-0.05, 0) is 25.2 Å². The van der Waals surface area contributed by atoms with E-state index in [-0.39, 0.29) is 6.10 Å². The largest absolute Gasteiger partial charge is 0.368 e. The molecule has 3 nitrogen and oxygen atoms in total. The van der Waals surface area contributed by atoms with Gasteiger partial charge in [-0.3, -0.25) is 0 Å². The fourth-order valence-electron chi connectivity index (χ4n) is 2.02. The van der Waals surface area contributed by atoms with Crippen molar-refractivity contribution in [2.45, 2.75) is 32.3 Å². The van der Waals surface area contributed by atoms with Gasteiger partial charge >= 0.3 is 0 Å². The maximum Gasteiger partial charge on any atom is 0.100 e. The molecule has 1 saturated carbocycles. The molecule has 1 fully saturated rings. The highest BCUT2D eigenvalue weighted by Gasteiger charge is 2.27. The standard InChI is InChI=1S/C12H22N2O/c1-5-9-15-12-10(2)7-6-8-11(12)13-14(3)4/h5,10,12H,1,6-9H2,2-4H3/b13-11+/t10-,12+/m0/s1. The van der Waals surface area contributed by atoms with Crippen LogP contribution in [0.5, 0.6) is 0 Å². The molecule has 0 aliphatic heterocycles. The van der Waals surface area contributed by atoms with E-state index in [4.69, 9.17) is 4.74 Å². The van der Waals surface area contributed by atoms with Gasteiger partial charge in [0, 0.05) is 14.1 Å². The number of hydrogen-bond donors (Lipinski definition) is 0. The number of rotatable bonds is 4. The summed E-state index contributed by atoms with van der Waals surface area (Å²) in [6.45, 7) is 6.53. The summed E-state index contributed by atoms with van der Waals surface area (Å²) < 4.78 is 5.78. The molecule has 1 aliphatic rings. The first-order valence-electron chi connectivity index (χ1n) is 5.62. The first-order valence-corrected chi connectivity index (χ1v) is 5.62. The van der Waals surface area contributed by atoms with Crippen molar-refractivity contribution < 1.29 is 4.74 Å². The first kappa shape index (κ1) is 12.2. The molecular weight excluding hydrogens is 188 g/mol. The Morgan fingerprint density at radius 1 is 1.60 bits per heavy atom. The Morgan fingerprint density at radius 3 is 2.93 bits per heavy atom. The minimum atomic E-state index is 0.180. The van der Waals surface area contributed by atoms with Crippen LogP contribution >= 0.6 is 0 Å². The highest BCUT2D eigenvalue weighted by atomic mass is 16.5. The molecule has 0 spiro atoms. The molecule has 0 heterocycles. The molecule has 0 unspecified atom stereocenters. The SMILES string of the molecule is C=CCO[C@H]1/C(=N/N(C)C)CCC[C@@H]1C. The van der Waals surface area contributed by atoms with E-state index in [2.05, 4.69) is 18.6 Å². The number of nitrogens with zero attached hydrogens (tertiary/aromatic N) is 2. The summed E-state index contributed by atoms with van der Waals surface area (Å²) in [5.74, 6) is 0.567. The zero-order valence-corrected chi connectivity index (χ0v) is 10.1. The van der Waals surface area contributed by atoms with Crippen LogP contribution in [0.15, 0.2) is 17.8 Å². The Bertz CT molecular complexity index is 236. The van der Waals surface area contributed by atoms with Gasteiger partial charge in [0.25, 0.3) is 0 Å². The number of hydrazone groups is 1. The van der Waals surface area contributed by atoms with Gasteiger partial charge in [0.2, 0.25) is 0 Å². The molecule has 0 amide bonds. The van der Waals surface area contributed by atoms with E-state index in [1.165, 1.54) is 18.6 Å². The fourth-order valence-corrected chi connectivity index (χ4v) is 2.02. The molecule has 0 saturated heterocycles. The summed E-state index contributed by atoms with van der Waals surface area (Å²) in [6.07, 6.45) is 5.49. The summed E-state index contributed by atoms with van der Waals surface area (Å²) in [7, 11) is 3.91. The Hall–Kier alpha value is -0.830.